The first-order chi connectivity index (χ1) is 15.2. The Bertz CT molecular complexity index is 798. The summed E-state index contributed by atoms with van der Waals surface area (Å²) in [6.07, 6.45) is 3.11. The molecular formula is C26H34N4O. The maximum atomic E-state index is 10.1. The topological polar surface area (TPSA) is 74.3 Å². The number of benzene rings is 2. The molecule has 0 spiro atoms. The Morgan fingerprint density at radius 3 is 1.77 bits per heavy atom. The molecule has 0 fully saturated rings. The van der Waals surface area contributed by atoms with Crippen molar-refractivity contribution in [2.75, 3.05) is 26.2 Å². The van der Waals surface area contributed by atoms with Crippen LogP contribution in [0.4, 0.5) is 0 Å². The van der Waals surface area contributed by atoms with Gasteiger partial charge in [-0.05, 0) is 50.0 Å². The second-order valence-corrected chi connectivity index (χ2v) is 7.97. The maximum absolute atomic E-state index is 10.1. The van der Waals surface area contributed by atoms with E-state index in [0.29, 0.717) is 13.0 Å². The Morgan fingerprint density at radius 2 is 1.23 bits per heavy atom. The lowest BCUT2D eigenvalue weighted by Crippen LogP contribution is -2.33. The van der Waals surface area contributed by atoms with Gasteiger partial charge in [-0.1, -0.05) is 60.7 Å². The molecule has 2 rings (SSSR count). The molecule has 31 heavy (non-hydrogen) atoms. The fourth-order valence-corrected chi connectivity index (χ4v) is 3.71. The van der Waals surface area contributed by atoms with E-state index in [1.807, 2.05) is 24.3 Å². The van der Waals surface area contributed by atoms with E-state index in [-0.39, 0.29) is 6.42 Å². The fraction of sp³-hybridized carbons (Fsp3) is 0.462. The molecule has 2 aromatic rings. The predicted molar refractivity (Wildman–Crippen MR) is 124 cm³/mol. The summed E-state index contributed by atoms with van der Waals surface area (Å²) in [6.45, 7) is 4.99. The van der Waals surface area contributed by atoms with Crippen LogP contribution >= 0.6 is 0 Å². The highest BCUT2D eigenvalue weighted by Crippen LogP contribution is 2.11. The lowest BCUT2D eigenvalue weighted by atomic mass is 10.1. The zero-order valence-corrected chi connectivity index (χ0v) is 18.4. The van der Waals surface area contributed by atoms with Gasteiger partial charge in [-0.25, -0.2) is 0 Å². The van der Waals surface area contributed by atoms with Gasteiger partial charge in [0.15, 0.2) is 0 Å². The fourth-order valence-electron chi connectivity index (χ4n) is 3.71. The Labute approximate surface area is 187 Å². The van der Waals surface area contributed by atoms with E-state index in [0.717, 1.165) is 52.0 Å². The highest BCUT2D eigenvalue weighted by Gasteiger charge is 2.13. The summed E-state index contributed by atoms with van der Waals surface area (Å²) in [6, 6.07) is 25.0. The molecule has 1 atom stereocenters. The zero-order chi connectivity index (χ0) is 22.2. The monoisotopic (exact) mass is 418 g/mol. The molecule has 5 heteroatoms. The van der Waals surface area contributed by atoms with Gasteiger partial charge in [0.1, 0.15) is 0 Å². The molecule has 0 amide bonds. The average molecular weight is 419 g/mol. The van der Waals surface area contributed by atoms with Crippen LogP contribution in [0.2, 0.25) is 0 Å². The summed E-state index contributed by atoms with van der Waals surface area (Å²) < 4.78 is 0. The van der Waals surface area contributed by atoms with Crippen molar-refractivity contribution in [1.82, 2.24) is 9.80 Å². The van der Waals surface area contributed by atoms with Crippen molar-refractivity contribution in [2.24, 2.45) is 0 Å². The number of hydrogen-bond acceptors (Lipinski definition) is 5. The minimum Gasteiger partial charge on any atom is -0.391 e. The van der Waals surface area contributed by atoms with E-state index in [2.05, 4.69) is 58.3 Å². The highest BCUT2D eigenvalue weighted by atomic mass is 16.3. The van der Waals surface area contributed by atoms with Crippen LogP contribution in [-0.2, 0) is 13.1 Å². The van der Waals surface area contributed by atoms with Crippen molar-refractivity contribution in [3.05, 3.63) is 71.8 Å². The first-order valence-electron chi connectivity index (χ1n) is 11.2. The Balaban J connectivity index is 1.85. The third-order valence-electron chi connectivity index (χ3n) is 5.26. The van der Waals surface area contributed by atoms with E-state index in [9.17, 15) is 5.11 Å². The average Bonchev–Trinajstić information content (AvgIpc) is 2.78. The molecule has 0 heterocycles. The van der Waals surface area contributed by atoms with Crippen molar-refractivity contribution < 1.29 is 5.11 Å². The number of rotatable bonds is 15. The summed E-state index contributed by atoms with van der Waals surface area (Å²) in [4.78, 5) is 4.67. The van der Waals surface area contributed by atoms with Crippen molar-refractivity contribution in [1.29, 1.82) is 10.5 Å². The summed E-state index contributed by atoms with van der Waals surface area (Å²) in [5.41, 5.74) is 2.51. The molecule has 0 saturated heterocycles. The predicted octanol–water partition coefficient (Wildman–Crippen LogP) is 4.35. The van der Waals surface area contributed by atoms with Crippen LogP contribution in [0, 0.1) is 22.7 Å². The molecule has 5 nitrogen and oxygen atoms in total. The van der Waals surface area contributed by atoms with Gasteiger partial charge < -0.3 is 5.11 Å². The molecule has 0 aliphatic carbocycles. The van der Waals surface area contributed by atoms with Gasteiger partial charge in [0.05, 0.1) is 24.7 Å². The van der Waals surface area contributed by atoms with E-state index >= 15 is 0 Å². The standard InChI is InChI=1S/C26H34N4O/c27-16-7-8-18-29(21-24-11-3-1-4-12-24)19-9-10-20-30(23-26(31)15-17-28)22-25-13-5-2-6-14-25/h1-6,11-14,26,31H,7-10,15,18-23H2/t26-/m0/s1. The van der Waals surface area contributed by atoms with Crippen molar-refractivity contribution in [3.8, 4) is 12.1 Å². The van der Waals surface area contributed by atoms with Gasteiger partial charge in [0, 0.05) is 26.1 Å². The lowest BCUT2D eigenvalue weighted by molar-refractivity contribution is 0.110. The number of hydrogen-bond donors (Lipinski definition) is 1. The minimum atomic E-state index is -0.616. The van der Waals surface area contributed by atoms with Gasteiger partial charge in [0.2, 0.25) is 0 Å². The van der Waals surface area contributed by atoms with Crippen LogP contribution < -0.4 is 0 Å². The van der Waals surface area contributed by atoms with Crippen molar-refractivity contribution in [3.63, 3.8) is 0 Å². The Hall–Kier alpha value is -2.70. The number of aliphatic hydroxyl groups excluding tert-OH is 1. The smallest absolute Gasteiger partial charge is 0.0796 e. The van der Waals surface area contributed by atoms with E-state index in [4.69, 9.17) is 10.5 Å². The first-order valence-corrected chi connectivity index (χ1v) is 11.2. The zero-order valence-electron chi connectivity index (χ0n) is 18.4. The van der Waals surface area contributed by atoms with E-state index in [1.54, 1.807) is 0 Å². The van der Waals surface area contributed by atoms with Crippen molar-refractivity contribution >= 4 is 0 Å². The van der Waals surface area contributed by atoms with Crippen LogP contribution in [-0.4, -0.2) is 47.2 Å². The maximum Gasteiger partial charge on any atom is 0.0796 e. The molecule has 0 aliphatic heterocycles. The van der Waals surface area contributed by atoms with Gasteiger partial charge in [-0.15, -0.1) is 0 Å². The molecule has 0 bridgehead atoms. The van der Waals surface area contributed by atoms with Crippen LogP contribution in [0.1, 0.15) is 43.2 Å². The molecule has 0 aromatic heterocycles. The molecule has 1 N–H and O–H groups in total. The van der Waals surface area contributed by atoms with Gasteiger partial charge >= 0.3 is 0 Å². The normalized spacial score (nSPS) is 11.9. The van der Waals surface area contributed by atoms with Crippen LogP contribution in [0.25, 0.3) is 0 Å². The highest BCUT2D eigenvalue weighted by molar-refractivity contribution is 5.15. The van der Waals surface area contributed by atoms with Crippen LogP contribution in [0.15, 0.2) is 60.7 Å². The van der Waals surface area contributed by atoms with Gasteiger partial charge in [-0.3, -0.25) is 9.80 Å². The molecular weight excluding hydrogens is 384 g/mol. The van der Waals surface area contributed by atoms with Gasteiger partial charge in [0.25, 0.3) is 0 Å². The minimum absolute atomic E-state index is 0.162. The largest absolute Gasteiger partial charge is 0.391 e. The molecule has 0 unspecified atom stereocenters. The molecule has 164 valence electrons. The van der Waals surface area contributed by atoms with Crippen LogP contribution in [0.3, 0.4) is 0 Å². The second-order valence-electron chi connectivity index (χ2n) is 7.97. The summed E-state index contributed by atoms with van der Waals surface area (Å²) in [7, 11) is 0. The third kappa shape index (κ3) is 10.8. The summed E-state index contributed by atoms with van der Waals surface area (Å²) >= 11 is 0. The number of unbranched alkanes of at least 4 members (excludes halogenated alkanes) is 2. The quantitative estimate of drug-likeness (QED) is 0.435. The number of aliphatic hydroxyl groups is 1. The van der Waals surface area contributed by atoms with Gasteiger partial charge in [-0.2, -0.15) is 10.5 Å². The SMILES string of the molecule is N#CCCCN(CCCCN(Cc1ccccc1)C[C@@H](O)CC#N)Cc1ccccc1. The molecule has 0 aliphatic rings. The van der Waals surface area contributed by atoms with E-state index in [1.165, 1.54) is 11.1 Å². The van der Waals surface area contributed by atoms with E-state index < -0.39 is 6.10 Å². The summed E-state index contributed by atoms with van der Waals surface area (Å²) in [5.74, 6) is 0. The Morgan fingerprint density at radius 1 is 0.710 bits per heavy atom. The Kier molecular flexibility index (Phi) is 12.0. The van der Waals surface area contributed by atoms with Crippen LogP contribution in [0.5, 0.6) is 0 Å². The summed E-state index contributed by atoms with van der Waals surface area (Å²) in [5, 5.41) is 27.9. The number of nitrogens with zero attached hydrogens (tertiary/aromatic N) is 4. The van der Waals surface area contributed by atoms with Crippen molar-refractivity contribution in [2.45, 2.75) is 51.3 Å². The molecule has 0 radical (unpaired) electrons. The third-order valence-corrected chi connectivity index (χ3v) is 5.26. The number of nitriles is 2. The molecule has 0 saturated carbocycles. The second kappa shape index (κ2) is 15.2. The first kappa shape index (κ1) is 24.6. The molecule has 2 aromatic carbocycles. The lowest BCUT2D eigenvalue weighted by Gasteiger charge is -2.26.